The number of rotatable bonds is 6. The van der Waals surface area contributed by atoms with Gasteiger partial charge < -0.3 is 10.2 Å². The van der Waals surface area contributed by atoms with Crippen LogP contribution < -0.4 is 5.32 Å². The van der Waals surface area contributed by atoms with Crippen molar-refractivity contribution in [3.05, 3.63) is 22.5 Å². The zero-order chi connectivity index (χ0) is 14.5. The highest BCUT2D eigenvalue weighted by Gasteiger charge is 2.27. The number of carbonyl (C=O) groups excluding carboxylic acids is 1. The van der Waals surface area contributed by atoms with Gasteiger partial charge in [-0.15, -0.1) is 0 Å². The molecule has 1 saturated heterocycles. The Balaban J connectivity index is 1.86. The van der Waals surface area contributed by atoms with E-state index in [9.17, 15) is 14.9 Å². The molecule has 1 aliphatic rings. The number of amides is 1. The zero-order valence-electron chi connectivity index (χ0n) is 11.5. The third-order valence-corrected chi connectivity index (χ3v) is 3.52. The molecule has 2 heterocycles. The molecule has 1 atom stereocenters. The lowest BCUT2D eigenvalue weighted by Gasteiger charge is -2.24. The minimum Gasteiger partial charge on any atom is -0.338 e. The molecule has 0 saturated carbocycles. The SMILES string of the molecule is CNCC1CCCN1C(=O)CCn1cc([N+](=O)[O-])cn1. The van der Waals surface area contributed by atoms with Gasteiger partial charge in [0.15, 0.2) is 0 Å². The topological polar surface area (TPSA) is 93.3 Å². The molecule has 20 heavy (non-hydrogen) atoms. The molecule has 110 valence electrons. The normalized spacial score (nSPS) is 18.4. The lowest BCUT2D eigenvalue weighted by molar-refractivity contribution is -0.385. The molecule has 0 spiro atoms. The van der Waals surface area contributed by atoms with Crippen LogP contribution in [-0.4, -0.2) is 51.7 Å². The molecule has 1 fully saturated rings. The standard InChI is InChI=1S/C12H19N5O3/c1-13-7-10-3-2-5-16(10)12(18)4-6-15-9-11(8-14-15)17(19)20/h8-10,13H,2-7H2,1H3. The van der Waals surface area contributed by atoms with Crippen molar-refractivity contribution in [3.8, 4) is 0 Å². The molecule has 1 aromatic heterocycles. The van der Waals surface area contributed by atoms with Crippen molar-refractivity contribution in [3.63, 3.8) is 0 Å². The van der Waals surface area contributed by atoms with Crippen molar-refractivity contribution in [1.29, 1.82) is 0 Å². The minimum absolute atomic E-state index is 0.0494. The van der Waals surface area contributed by atoms with Crippen molar-refractivity contribution < 1.29 is 9.72 Å². The van der Waals surface area contributed by atoms with Gasteiger partial charge in [-0.25, -0.2) is 0 Å². The van der Waals surface area contributed by atoms with Crippen LogP contribution in [0.25, 0.3) is 0 Å². The minimum atomic E-state index is -0.491. The Kier molecular flexibility index (Phi) is 4.67. The van der Waals surface area contributed by atoms with Gasteiger partial charge in [-0.05, 0) is 19.9 Å². The summed E-state index contributed by atoms with van der Waals surface area (Å²) in [5.74, 6) is 0.0842. The lowest BCUT2D eigenvalue weighted by Crippen LogP contribution is -2.41. The highest BCUT2D eigenvalue weighted by molar-refractivity contribution is 5.76. The Bertz CT molecular complexity index is 487. The number of nitro groups is 1. The summed E-state index contributed by atoms with van der Waals surface area (Å²) in [4.78, 5) is 24.1. The number of hydrogen-bond donors (Lipinski definition) is 1. The second-order valence-corrected chi connectivity index (χ2v) is 4.91. The number of aryl methyl sites for hydroxylation is 1. The van der Waals surface area contributed by atoms with Crippen molar-refractivity contribution in [2.24, 2.45) is 0 Å². The zero-order valence-corrected chi connectivity index (χ0v) is 11.5. The van der Waals surface area contributed by atoms with Crippen LogP contribution in [0.4, 0.5) is 5.69 Å². The summed E-state index contributed by atoms with van der Waals surface area (Å²) in [5.41, 5.74) is -0.0494. The van der Waals surface area contributed by atoms with Crippen molar-refractivity contribution in [2.75, 3.05) is 20.1 Å². The van der Waals surface area contributed by atoms with Gasteiger partial charge in [0.25, 0.3) is 0 Å². The molecule has 1 amide bonds. The highest BCUT2D eigenvalue weighted by Crippen LogP contribution is 2.18. The molecule has 8 nitrogen and oxygen atoms in total. The first-order valence-electron chi connectivity index (χ1n) is 6.72. The van der Waals surface area contributed by atoms with Gasteiger partial charge in [0.05, 0.1) is 4.92 Å². The third-order valence-electron chi connectivity index (χ3n) is 3.52. The molecule has 8 heteroatoms. The van der Waals surface area contributed by atoms with Crippen LogP contribution in [0.15, 0.2) is 12.4 Å². The number of nitrogens with one attached hydrogen (secondary N) is 1. The second kappa shape index (κ2) is 6.47. The summed E-state index contributed by atoms with van der Waals surface area (Å²) in [5, 5.41) is 17.5. The van der Waals surface area contributed by atoms with E-state index in [-0.39, 0.29) is 17.6 Å². The molecule has 1 aliphatic heterocycles. The van der Waals surface area contributed by atoms with E-state index < -0.39 is 4.92 Å². The molecule has 2 rings (SSSR count). The predicted octanol–water partition coefficient (Wildman–Crippen LogP) is 0.392. The maximum absolute atomic E-state index is 12.2. The number of likely N-dealkylation sites (N-methyl/N-ethyl adjacent to an activating group) is 1. The number of likely N-dealkylation sites (tertiary alicyclic amines) is 1. The third kappa shape index (κ3) is 3.32. The molecule has 0 radical (unpaired) electrons. The smallest absolute Gasteiger partial charge is 0.306 e. The average molecular weight is 281 g/mol. The average Bonchev–Trinajstić information content (AvgIpc) is 3.05. The molecular weight excluding hydrogens is 262 g/mol. The van der Waals surface area contributed by atoms with Crippen LogP contribution in [0.2, 0.25) is 0 Å². The number of nitrogens with zero attached hydrogens (tertiary/aromatic N) is 4. The van der Waals surface area contributed by atoms with Crippen molar-refractivity contribution in [1.82, 2.24) is 20.0 Å². The Morgan fingerprint density at radius 3 is 3.10 bits per heavy atom. The first-order chi connectivity index (χ1) is 9.61. The van der Waals surface area contributed by atoms with Crippen LogP contribution in [0.3, 0.4) is 0 Å². The Morgan fingerprint density at radius 1 is 1.65 bits per heavy atom. The van der Waals surface area contributed by atoms with E-state index in [0.29, 0.717) is 13.0 Å². The van der Waals surface area contributed by atoms with Gasteiger partial charge in [-0.3, -0.25) is 19.6 Å². The fourth-order valence-corrected chi connectivity index (χ4v) is 2.53. The fraction of sp³-hybridized carbons (Fsp3) is 0.667. The van der Waals surface area contributed by atoms with Gasteiger partial charge in [0, 0.05) is 32.1 Å². The molecule has 0 bridgehead atoms. The lowest BCUT2D eigenvalue weighted by atomic mass is 10.2. The summed E-state index contributed by atoms with van der Waals surface area (Å²) in [6.07, 6.45) is 4.93. The van der Waals surface area contributed by atoms with Crippen LogP contribution in [0.5, 0.6) is 0 Å². The Morgan fingerprint density at radius 2 is 2.45 bits per heavy atom. The summed E-state index contributed by atoms with van der Waals surface area (Å²) < 4.78 is 1.44. The van der Waals surface area contributed by atoms with Gasteiger partial charge in [0.1, 0.15) is 12.4 Å². The summed E-state index contributed by atoms with van der Waals surface area (Å²) in [6.45, 7) is 1.97. The quantitative estimate of drug-likeness (QED) is 0.601. The number of aromatic nitrogens is 2. The fourth-order valence-electron chi connectivity index (χ4n) is 2.53. The Labute approximate surface area is 116 Å². The molecule has 1 unspecified atom stereocenters. The molecular formula is C12H19N5O3. The van der Waals surface area contributed by atoms with Crippen LogP contribution in [0.1, 0.15) is 19.3 Å². The van der Waals surface area contributed by atoms with Crippen molar-refractivity contribution in [2.45, 2.75) is 31.8 Å². The Hall–Kier alpha value is -1.96. The van der Waals surface area contributed by atoms with Crippen LogP contribution in [0, 0.1) is 10.1 Å². The van der Waals surface area contributed by atoms with Crippen LogP contribution in [-0.2, 0) is 11.3 Å². The van der Waals surface area contributed by atoms with E-state index in [2.05, 4.69) is 10.4 Å². The second-order valence-electron chi connectivity index (χ2n) is 4.91. The molecule has 1 N–H and O–H groups in total. The molecule has 1 aromatic rings. The summed E-state index contributed by atoms with van der Waals surface area (Å²) in [6, 6.07) is 0.263. The number of carbonyl (C=O) groups is 1. The predicted molar refractivity (Wildman–Crippen MR) is 72.2 cm³/mol. The first kappa shape index (κ1) is 14.4. The molecule has 0 aromatic carbocycles. The highest BCUT2D eigenvalue weighted by atomic mass is 16.6. The van der Waals surface area contributed by atoms with Gasteiger partial charge >= 0.3 is 5.69 Å². The first-order valence-corrected chi connectivity index (χ1v) is 6.72. The largest absolute Gasteiger partial charge is 0.338 e. The maximum atomic E-state index is 12.2. The van der Waals surface area contributed by atoms with Crippen LogP contribution >= 0.6 is 0 Å². The summed E-state index contributed by atoms with van der Waals surface area (Å²) in [7, 11) is 1.88. The van der Waals surface area contributed by atoms with Gasteiger partial charge in [-0.1, -0.05) is 0 Å². The van der Waals surface area contributed by atoms with E-state index in [0.717, 1.165) is 25.9 Å². The maximum Gasteiger partial charge on any atom is 0.306 e. The van der Waals surface area contributed by atoms with E-state index >= 15 is 0 Å². The molecule has 0 aliphatic carbocycles. The van der Waals surface area contributed by atoms with E-state index in [4.69, 9.17) is 0 Å². The number of hydrogen-bond acceptors (Lipinski definition) is 5. The summed E-state index contributed by atoms with van der Waals surface area (Å²) >= 11 is 0. The van der Waals surface area contributed by atoms with E-state index in [1.165, 1.54) is 17.1 Å². The van der Waals surface area contributed by atoms with Gasteiger partial charge in [-0.2, -0.15) is 5.10 Å². The van der Waals surface area contributed by atoms with Gasteiger partial charge in [0.2, 0.25) is 5.91 Å². The van der Waals surface area contributed by atoms with E-state index in [1.54, 1.807) is 0 Å². The van der Waals surface area contributed by atoms with Crippen molar-refractivity contribution >= 4 is 11.6 Å². The monoisotopic (exact) mass is 281 g/mol. The van der Waals surface area contributed by atoms with E-state index in [1.807, 2.05) is 11.9 Å².